The zero-order chi connectivity index (χ0) is 16.3. The van der Waals surface area contributed by atoms with Crippen molar-refractivity contribution in [2.45, 2.75) is 24.8 Å². The van der Waals surface area contributed by atoms with Gasteiger partial charge in [-0.05, 0) is 43.0 Å². The van der Waals surface area contributed by atoms with Gasteiger partial charge in [-0.15, -0.1) is 0 Å². The lowest BCUT2D eigenvalue weighted by molar-refractivity contribution is -0.0375. The number of halogens is 4. The second-order valence-electron chi connectivity index (χ2n) is 4.55. The average Bonchev–Trinajstić information content (AvgIpc) is 2.64. The van der Waals surface area contributed by atoms with Gasteiger partial charge in [-0.2, -0.15) is 13.2 Å². The molecule has 1 aliphatic carbocycles. The molecular formula is C14H12ClF3O3S. The van der Waals surface area contributed by atoms with Crippen LogP contribution in [0.4, 0.5) is 13.2 Å². The van der Waals surface area contributed by atoms with E-state index in [0.29, 0.717) is 24.0 Å². The molecule has 0 atom stereocenters. The minimum absolute atomic E-state index is 0.105. The molecule has 0 N–H and O–H groups in total. The number of allylic oxidation sites excluding steroid dienone is 1. The van der Waals surface area contributed by atoms with Gasteiger partial charge in [0.1, 0.15) is 5.76 Å². The Hall–Kier alpha value is -1.34. The van der Waals surface area contributed by atoms with E-state index in [1.54, 1.807) is 12.1 Å². The standard InChI is InChI=1S/C14H12ClF3O3S/c1-20-13(19)10-6-8-4-2-3-5-12(9(8)7-11(10)15)21-22-14(16,17)18/h5-7H,2-4H2,1H3. The second-order valence-corrected chi connectivity index (χ2v) is 5.76. The van der Waals surface area contributed by atoms with Crippen LogP contribution in [-0.2, 0) is 15.3 Å². The molecule has 0 unspecified atom stereocenters. The lowest BCUT2D eigenvalue weighted by Crippen LogP contribution is -2.06. The fraction of sp³-hybridized carbons (Fsp3) is 0.357. The molecule has 0 heterocycles. The van der Waals surface area contributed by atoms with E-state index in [2.05, 4.69) is 4.74 Å². The Bertz CT molecular complexity index is 614. The number of fused-ring (bicyclic) bond motifs is 1. The lowest BCUT2D eigenvalue weighted by atomic mass is 10.0. The molecule has 0 radical (unpaired) electrons. The molecule has 0 aliphatic heterocycles. The maximum Gasteiger partial charge on any atom is 0.479 e. The number of carbonyl (C=O) groups excluding carboxylic acids is 1. The summed E-state index contributed by atoms with van der Waals surface area (Å²) in [7, 11) is 1.23. The largest absolute Gasteiger partial charge is 0.479 e. The lowest BCUT2D eigenvalue weighted by Gasteiger charge is -2.14. The van der Waals surface area contributed by atoms with Gasteiger partial charge in [-0.1, -0.05) is 11.6 Å². The summed E-state index contributed by atoms with van der Waals surface area (Å²) in [6.07, 6.45) is 3.52. The van der Waals surface area contributed by atoms with E-state index in [1.807, 2.05) is 0 Å². The highest BCUT2D eigenvalue weighted by Crippen LogP contribution is 2.38. The molecule has 8 heteroatoms. The Labute approximate surface area is 134 Å². The highest BCUT2D eigenvalue weighted by atomic mass is 35.5. The number of rotatable bonds is 3. The van der Waals surface area contributed by atoms with Crippen LogP contribution in [0.5, 0.6) is 0 Å². The van der Waals surface area contributed by atoms with E-state index >= 15 is 0 Å². The minimum Gasteiger partial charge on any atom is -0.465 e. The van der Waals surface area contributed by atoms with Crippen LogP contribution in [0.15, 0.2) is 18.2 Å². The van der Waals surface area contributed by atoms with Gasteiger partial charge in [0.05, 0.1) is 17.7 Å². The van der Waals surface area contributed by atoms with Crippen LogP contribution in [0, 0.1) is 0 Å². The highest BCUT2D eigenvalue weighted by Gasteiger charge is 2.32. The van der Waals surface area contributed by atoms with Gasteiger partial charge in [-0.3, -0.25) is 0 Å². The maximum absolute atomic E-state index is 12.3. The zero-order valence-corrected chi connectivity index (χ0v) is 13.1. The van der Waals surface area contributed by atoms with Crippen LogP contribution in [0.1, 0.15) is 34.3 Å². The van der Waals surface area contributed by atoms with Crippen LogP contribution in [0.25, 0.3) is 5.76 Å². The van der Waals surface area contributed by atoms with Crippen molar-refractivity contribution in [3.05, 3.63) is 39.9 Å². The van der Waals surface area contributed by atoms with Crippen molar-refractivity contribution < 1.29 is 26.9 Å². The molecule has 1 aliphatic rings. The average molecular weight is 353 g/mol. The number of ether oxygens (including phenoxy) is 1. The number of aryl methyl sites for hydroxylation is 1. The molecule has 1 aromatic carbocycles. The summed E-state index contributed by atoms with van der Waals surface area (Å²) in [4.78, 5) is 11.6. The van der Waals surface area contributed by atoms with Gasteiger partial charge >= 0.3 is 11.5 Å². The summed E-state index contributed by atoms with van der Waals surface area (Å²) in [5.41, 5.74) is -3.14. The van der Waals surface area contributed by atoms with Crippen LogP contribution >= 0.6 is 23.6 Å². The van der Waals surface area contributed by atoms with Gasteiger partial charge in [0.2, 0.25) is 0 Å². The van der Waals surface area contributed by atoms with Crippen molar-refractivity contribution >= 4 is 35.4 Å². The highest BCUT2D eigenvalue weighted by molar-refractivity contribution is 7.95. The predicted octanol–water partition coefficient (Wildman–Crippen LogP) is 4.99. The number of methoxy groups -OCH3 is 1. The Morgan fingerprint density at radius 1 is 1.36 bits per heavy atom. The summed E-state index contributed by atoms with van der Waals surface area (Å²) in [5, 5.41) is 0.110. The molecular weight excluding hydrogens is 341 g/mol. The Morgan fingerprint density at radius 3 is 2.73 bits per heavy atom. The van der Waals surface area contributed by atoms with Crippen LogP contribution in [0.2, 0.25) is 5.02 Å². The Balaban J connectivity index is 2.37. The quantitative estimate of drug-likeness (QED) is 0.567. The molecule has 2 rings (SSSR count). The first-order valence-electron chi connectivity index (χ1n) is 6.35. The topological polar surface area (TPSA) is 35.5 Å². The Morgan fingerprint density at radius 2 is 2.09 bits per heavy atom. The fourth-order valence-electron chi connectivity index (χ4n) is 2.13. The van der Waals surface area contributed by atoms with E-state index in [9.17, 15) is 18.0 Å². The summed E-state index contributed by atoms with van der Waals surface area (Å²) in [5.74, 6) is -0.485. The molecule has 22 heavy (non-hydrogen) atoms. The van der Waals surface area contributed by atoms with E-state index in [-0.39, 0.29) is 16.3 Å². The van der Waals surface area contributed by atoms with E-state index < -0.39 is 23.5 Å². The van der Waals surface area contributed by atoms with E-state index in [0.717, 1.165) is 6.42 Å². The predicted molar refractivity (Wildman–Crippen MR) is 78.4 cm³/mol. The second kappa shape index (κ2) is 6.83. The normalized spacial score (nSPS) is 14.7. The SMILES string of the molecule is COC(=O)c1cc2c(cc1Cl)C(OSC(F)(F)F)=CCCC2. The van der Waals surface area contributed by atoms with Gasteiger partial charge in [0.15, 0.2) is 12.0 Å². The number of benzene rings is 1. The Kier molecular flexibility index (Phi) is 5.28. The number of hydrogen-bond acceptors (Lipinski definition) is 4. The number of hydrogen-bond donors (Lipinski definition) is 0. The van der Waals surface area contributed by atoms with E-state index in [1.165, 1.54) is 13.2 Å². The molecule has 0 bridgehead atoms. The fourth-order valence-corrected chi connectivity index (χ4v) is 2.71. The van der Waals surface area contributed by atoms with Crippen molar-refractivity contribution in [2.24, 2.45) is 0 Å². The van der Waals surface area contributed by atoms with Crippen LogP contribution in [0.3, 0.4) is 0 Å². The number of esters is 1. The molecule has 0 amide bonds. The number of alkyl halides is 3. The molecule has 120 valence electrons. The van der Waals surface area contributed by atoms with Crippen molar-refractivity contribution in [3.8, 4) is 0 Å². The summed E-state index contributed by atoms with van der Waals surface area (Å²) < 4.78 is 46.4. The summed E-state index contributed by atoms with van der Waals surface area (Å²) >= 11 is 5.46. The van der Waals surface area contributed by atoms with E-state index in [4.69, 9.17) is 15.8 Å². The smallest absolute Gasteiger partial charge is 0.465 e. The third kappa shape index (κ3) is 4.10. The minimum atomic E-state index is -4.50. The molecule has 0 saturated carbocycles. The zero-order valence-electron chi connectivity index (χ0n) is 11.5. The first-order chi connectivity index (χ1) is 10.3. The molecule has 1 aromatic rings. The summed E-state index contributed by atoms with van der Waals surface area (Å²) in [6, 6.07) is 2.99. The van der Waals surface area contributed by atoms with Gasteiger partial charge < -0.3 is 8.92 Å². The van der Waals surface area contributed by atoms with Crippen molar-refractivity contribution in [3.63, 3.8) is 0 Å². The number of carbonyl (C=O) groups is 1. The molecule has 3 nitrogen and oxygen atoms in total. The van der Waals surface area contributed by atoms with Gasteiger partial charge in [0.25, 0.3) is 0 Å². The van der Waals surface area contributed by atoms with Crippen molar-refractivity contribution in [2.75, 3.05) is 7.11 Å². The summed E-state index contributed by atoms with van der Waals surface area (Å²) in [6.45, 7) is 0. The molecule has 0 fully saturated rings. The van der Waals surface area contributed by atoms with Crippen molar-refractivity contribution in [1.29, 1.82) is 0 Å². The van der Waals surface area contributed by atoms with Crippen LogP contribution < -0.4 is 0 Å². The first kappa shape index (κ1) is 17.0. The van der Waals surface area contributed by atoms with Crippen LogP contribution in [-0.4, -0.2) is 18.6 Å². The van der Waals surface area contributed by atoms with Crippen molar-refractivity contribution in [1.82, 2.24) is 0 Å². The van der Waals surface area contributed by atoms with Gasteiger partial charge in [-0.25, -0.2) is 4.79 Å². The first-order valence-corrected chi connectivity index (χ1v) is 7.47. The molecule has 0 saturated heterocycles. The third-order valence-electron chi connectivity index (χ3n) is 3.07. The monoisotopic (exact) mass is 352 g/mol. The third-order valence-corrected chi connectivity index (χ3v) is 3.83. The molecule has 0 spiro atoms. The van der Waals surface area contributed by atoms with Gasteiger partial charge in [0, 0.05) is 5.56 Å². The molecule has 0 aromatic heterocycles. The maximum atomic E-state index is 12.3.